The number of amides is 1. The highest BCUT2D eigenvalue weighted by Crippen LogP contribution is 2.39. The largest absolute Gasteiger partial charge is 0.461 e. The molecule has 1 amide bonds. The fraction of sp³-hybridized carbons (Fsp3) is 0.690. The van der Waals surface area contributed by atoms with Crippen LogP contribution in [0.1, 0.15) is 125 Å². The van der Waals surface area contributed by atoms with E-state index < -0.39 is 77.9 Å². The molecule has 73 heavy (non-hydrogen) atoms. The Morgan fingerprint density at radius 2 is 1.60 bits per heavy atom. The molecule has 4 aliphatic rings. The Labute approximate surface area is 435 Å². The molecule has 2 saturated heterocycles. The number of ketones is 2. The number of carbonyl (C=O) groups is 4. The van der Waals surface area contributed by atoms with Gasteiger partial charge in [-0.25, -0.2) is 4.79 Å². The molecule has 1 aliphatic carbocycles. The van der Waals surface area contributed by atoms with Crippen LogP contribution in [0, 0.1) is 29.6 Å². The number of hydrogen-bond donors (Lipinski definition) is 4. The second-order valence-corrected chi connectivity index (χ2v) is 21.7. The SMILES string of the molecule is COCCN(c1ccccc1)C1CC2CCC(C)[C@@](O)(O2)C(=O)C(=O)N2CCCC[C@H]2C(=O)O[C@H]([C@H](C)CC2CC[C@@H](O)[C@H](OC)C2)CC[C@H](N)/C=C(\C)[C@@H](O)[C@@H](OC)C(=O)[C@H](C)C[C@H](C)/C=C/C=C/C=C/1C. The van der Waals surface area contributed by atoms with E-state index in [0.29, 0.717) is 89.4 Å². The van der Waals surface area contributed by atoms with Gasteiger partial charge in [-0.1, -0.05) is 87.9 Å². The molecule has 1 aromatic carbocycles. The molecule has 3 fully saturated rings. The quantitative estimate of drug-likeness (QED) is 0.104. The van der Waals surface area contributed by atoms with Crippen LogP contribution in [0.3, 0.4) is 0 Å². The Bertz CT molecular complexity index is 2060. The van der Waals surface area contributed by atoms with Crippen molar-refractivity contribution in [1.29, 1.82) is 0 Å². The molecule has 3 aliphatic heterocycles. The summed E-state index contributed by atoms with van der Waals surface area (Å²) in [5.74, 6) is -6.44. The highest BCUT2D eigenvalue weighted by atomic mass is 16.6. The fourth-order valence-electron chi connectivity index (χ4n) is 11.5. The summed E-state index contributed by atoms with van der Waals surface area (Å²) in [6.45, 7) is 12.5. The zero-order valence-electron chi connectivity index (χ0n) is 45.2. The van der Waals surface area contributed by atoms with Crippen LogP contribution < -0.4 is 10.6 Å². The van der Waals surface area contributed by atoms with Gasteiger partial charge in [0.1, 0.15) is 24.4 Å². The van der Waals surface area contributed by atoms with Crippen LogP contribution in [-0.4, -0.2) is 145 Å². The lowest BCUT2D eigenvalue weighted by molar-refractivity contribution is -0.263. The Hall–Kier alpha value is -4.06. The number of piperidine rings is 1. The summed E-state index contributed by atoms with van der Waals surface area (Å²) in [7, 11) is 4.67. The number of methoxy groups -OCH3 is 3. The second-order valence-electron chi connectivity index (χ2n) is 21.7. The van der Waals surface area contributed by atoms with Gasteiger partial charge >= 0.3 is 5.97 Å². The molecule has 15 atom stereocenters. The lowest BCUT2D eigenvalue weighted by Crippen LogP contribution is -2.61. The summed E-state index contributed by atoms with van der Waals surface area (Å²) in [6.07, 6.45) is 13.9. The van der Waals surface area contributed by atoms with E-state index in [1.807, 2.05) is 88.4 Å². The number of Topliss-reactive ketones (excluding diaryl/α,β-unsaturated/α-hetero) is 2. The van der Waals surface area contributed by atoms with Crippen LogP contribution in [0.15, 0.2) is 77.9 Å². The van der Waals surface area contributed by atoms with Gasteiger partial charge < -0.3 is 54.5 Å². The fourth-order valence-corrected chi connectivity index (χ4v) is 11.5. The van der Waals surface area contributed by atoms with Crippen molar-refractivity contribution < 1.29 is 58.2 Å². The van der Waals surface area contributed by atoms with Crippen molar-refractivity contribution in [3.8, 4) is 0 Å². The third-order valence-electron chi connectivity index (χ3n) is 16.1. The molecule has 5 rings (SSSR count). The van der Waals surface area contributed by atoms with Crippen LogP contribution >= 0.6 is 0 Å². The van der Waals surface area contributed by atoms with Crippen LogP contribution in [-0.2, 0) is 42.9 Å². The first-order chi connectivity index (χ1) is 34.8. The first-order valence-electron chi connectivity index (χ1n) is 27.0. The molecule has 15 nitrogen and oxygen atoms in total. The topological polar surface area (TPSA) is 208 Å². The normalized spacial score (nSPS) is 37.2. The van der Waals surface area contributed by atoms with Gasteiger partial charge in [-0.05, 0) is 133 Å². The number of aliphatic hydroxyl groups excluding tert-OH is 2. The maximum absolute atomic E-state index is 14.6. The third-order valence-corrected chi connectivity index (χ3v) is 16.1. The van der Waals surface area contributed by atoms with E-state index in [-0.39, 0.29) is 48.6 Å². The molecule has 3 heterocycles. The van der Waals surface area contributed by atoms with Crippen molar-refractivity contribution in [3.63, 3.8) is 0 Å². The monoisotopic (exact) mass is 1020 g/mol. The summed E-state index contributed by atoms with van der Waals surface area (Å²) in [5.41, 5.74) is 9.15. The predicted octanol–water partition coefficient (Wildman–Crippen LogP) is 7.20. The number of nitrogens with two attached hydrogens (primary N) is 1. The minimum atomic E-state index is -2.44. The van der Waals surface area contributed by atoms with E-state index in [1.54, 1.807) is 34.1 Å². The number of ether oxygens (including phenoxy) is 5. The molecule has 15 heteroatoms. The minimum Gasteiger partial charge on any atom is -0.461 e. The summed E-state index contributed by atoms with van der Waals surface area (Å²) >= 11 is 0. The number of fused-ring (bicyclic) bond motifs is 3. The van der Waals surface area contributed by atoms with Crippen LogP contribution in [0.5, 0.6) is 0 Å². The molecule has 1 saturated carbocycles. The lowest BCUT2D eigenvalue weighted by atomic mass is 9.78. The van der Waals surface area contributed by atoms with Gasteiger partial charge in [-0.3, -0.25) is 14.4 Å². The van der Waals surface area contributed by atoms with Gasteiger partial charge in [0.15, 0.2) is 5.78 Å². The van der Waals surface area contributed by atoms with E-state index >= 15 is 0 Å². The van der Waals surface area contributed by atoms with Crippen LogP contribution in [0.2, 0.25) is 0 Å². The van der Waals surface area contributed by atoms with Crippen molar-refractivity contribution >= 4 is 29.1 Å². The number of rotatable bonds is 10. The van der Waals surface area contributed by atoms with Gasteiger partial charge in [0, 0.05) is 58.0 Å². The summed E-state index contributed by atoms with van der Waals surface area (Å²) in [5, 5.41) is 34.4. The number of hydrogen-bond acceptors (Lipinski definition) is 14. The number of allylic oxidation sites excluding steroid dienone is 5. The lowest BCUT2D eigenvalue weighted by Gasteiger charge is -2.44. The maximum Gasteiger partial charge on any atom is 0.329 e. The number of esters is 1. The molecule has 4 unspecified atom stereocenters. The number of benzene rings is 1. The molecule has 0 aromatic heterocycles. The van der Waals surface area contributed by atoms with Crippen molar-refractivity contribution in [1.82, 2.24) is 4.90 Å². The average Bonchev–Trinajstić information content (AvgIpc) is 3.38. The number of para-hydroxylation sites is 1. The van der Waals surface area contributed by atoms with Crippen molar-refractivity contribution in [3.05, 3.63) is 77.9 Å². The zero-order chi connectivity index (χ0) is 53.4. The Kier molecular flexibility index (Phi) is 23.5. The zero-order valence-corrected chi connectivity index (χ0v) is 45.2. The molecule has 0 spiro atoms. The maximum atomic E-state index is 14.6. The predicted molar refractivity (Wildman–Crippen MR) is 282 cm³/mol. The van der Waals surface area contributed by atoms with Gasteiger partial charge in [0.25, 0.3) is 11.7 Å². The number of cyclic esters (lactones) is 1. The molecule has 5 N–H and O–H groups in total. The third kappa shape index (κ3) is 16.2. The van der Waals surface area contributed by atoms with Gasteiger partial charge in [-0.2, -0.15) is 0 Å². The van der Waals surface area contributed by atoms with E-state index in [4.69, 9.17) is 29.4 Å². The molecular weight excluding hydrogens is 931 g/mol. The minimum absolute atomic E-state index is 0.0234. The summed E-state index contributed by atoms with van der Waals surface area (Å²) < 4.78 is 29.7. The number of aliphatic hydroxyl groups is 3. The molecule has 408 valence electrons. The summed E-state index contributed by atoms with van der Waals surface area (Å²) in [6, 6.07) is 8.03. The van der Waals surface area contributed by atoms with Gasteiger partial charge in [0.05, 0.1) is 31.0 Å². The molecule has 0 radical (unpaired) electrons. The second kappa shape index (κ2) is 28.7. The van der Waals surface area contributed by atoms with Gasteiger partial charge in [0.2, 0.25) is 5.79 Å². The van der Waals surface area contributed by atoms with E-state index in [9.17, 15) is 34.5 Å². The van der Waals surface area contributed by atoms with Crippen molar-refractivity contribution in [2.75, 3.05) is 45.9 Å². The molecular formula is C58H89N3O12. The Morgan fingerprint density at radius 3 is 2.30 bits per heavy atom. The highest BCUT2D eigenvalue weighted by Gasteiger charge is 2.53. The first kappa shape index (κ1) is 59.8. The Balaban J connectivity index is 1.52. The van der Waals surface area contributed by atoms with Crippen LogP contribution in [0.25, 0.3) is 0 Å². The van der Waals surface area contributed by atoms with Crippen molar-refractivity contribution in [2.24, 2.45) is 35.3 Å². The standard InChI is InChI=1S/C58H89N3O12/c1-37-18-12-10-13-19-38(2)48(60(30-31-69-7)45-20-14-11-15-21-45)36-46-26-23-42(6)58(68,73-46)55(65)56(66)61-29-17-16-22-47(61)57(67)72-50(39(3)33-43-24-27-49(62)51(35-43)70-8)28-25-44(59)34-41(5)53(64)54(71-9)52(63)40(4)32-37/h10-15,18-21,34,37,39-40,42-44,46-51,53-54,62,64,68H,16-17,22-33,35-36,59H2,1-9H3/b13-10+,18-12+,38-19+,41-34+/t37-,39-,40-,42?,43?,44+,46?,47+,48?,49-,50+,51-,53-,54+,58-/m1/s1. The number of carbonyl (C=O) groups excluding carboxylic acids is 4. The van der Waals surface area contributed by atoms with E-state index in [2.05, 4.69) is 4.90 Å². The Morgan fingerprint density at radius 1 is 0.863 bits per heavy atom. The average molecular weight is 1020 g/mol. The molecule has 2 bridgehead atoms. The first-order valence-corrected chi connectivity index (χ1v) is 27.0. The van der Waals surface area contributed by atoms with Gasteiger partial charge in [-0.15, -0.1) is 0 Å². The smallest absolute Gasteiger partial charge is 0.329 e. The van der Waals surface area contributed by atoms with E-state index in [1.165, 1.54) is 12.0 Å². The van der Waals surface area contributed by atoms with Crippen LogP contribution in [0.4, 0.5) is 5.69 Å². The highest BCUT2D eigenvalue weighted by molar-refractivity contribution is 6.39. The molecule has 1 aromatic rings. The number of anilines is 1. The summed E-state index contributed by atoms with van der Waals surface area (Å²) in [4.78, 5) is 61.1. The van der Waals surface area contributed by atoms with E-state index in [0.717, 1.165) is 17.7 Å². The number of nitrogens with zero attached hydrogens (tertiary/aromatic N) is 2. The van der Waals surface area contributed by atoms with Crippen molar-refractivity contribution in [2.45, 2.75) is 186 Å².